The second-order valence-corrected chi connectivity index (χ2v) is 6.38. The number of carboxylic acids is 1. The van der Waals surface area contributed by atoms with E-state index in [2.05, 4.69) is 10.1 Å². The molecule has 148 valence electrons. The van der Waals surface area contributed by atoms with E-state index >= 15 is 0 Å². The molecule has 0 bridgehead atoms. The Hall–Kier alpha value is -2.69. The second-order valence-electron chi connectivity index (χ2n) is 6.38. The van der Waals surface area contributed by atoms with Crippen molar-refractivity contribution >= 4 is 5.97 Å². The first-order valence-electron chi connectivity index (χ1n) is 7.66. The van der Waals surface area contributed by atoms with Crippen molar-refractivity contribution in [3.05, 3.63) is 29.3 Å². The van der Waals surface area contributed by atoms with Crippen LogP contribution in [-0.4, -0.2) is 43.2 Å². The highest BCUT2D eigenvalue weighted by Crippen LogP contribution is 2.33. The number of alkyl halides is 3. The van der Waals surface area contributed by atoms with Crippen molar-refractivity contribution in [3.8, 4) is 17.1 Å². The van der Waals surface area contributed by atoms with Crippen LogP contribution >= 0.6 is 0 Å². The van der Waals surface area contributed by atoms with Gasteiger partial charge in [-0.2, -0.15) is 18.3 Å². The van der Waals surface area contributed by atoms with Gasteiger partial charge in [0.15, 0.2) is 17.8 Å². The van der Waals surface area contributed by atoms with Gasteiger partial charge in [-0.15, -0.1) is 0 Å². The van der Waals surface area contributed by atoms with Crippen LogP contribution in [0, 0.1) is 5.82 Å². The van der Waals surface area contributed by atoms with E-state index in [4.69, 9.17) is 9.84 Å². The third-order valence-electron chi connectivity index (χ3n) is 3.62. The molecule has 0 aliphatic rings. The van der Waals surface area contributed by atoms with Gasteiger partial charge in [0.05, 0.1) is 5.56 Å². The predicted octanol–water partition coefficient (Wildman–Crippen LogP) is 2.88. The normalized spacial score (nSPS) is 13.5. The van der Waals surface area contributed by atoms with Gasteiger partial charge in [-0.1, -0.05) is 0 Å². The first-order chi connectivity index (χ1) is 12.2. The smallest absolute Gasteiger partial charge is 0.425 e. The van der Waals surface area contributed by atoms with Gasteiger partial charge in [0.1, 0.15) is 22.7 Å². The van der Waals surface area contributed by atoms with Crippen molar-refractivity contribution in [1.29, 1.82) is 0 Å². The lowest BCUT2D eigenvalue weighted by molar-refractivity contribution is -0.189. The average Bonchev–Trinajstić information content (AvgIpc) is 2.89. The number of aromatic carboxylic acids is 1. The molecule has 0 amide bonds. The Labute approximate surface area is 151 Å². The largest absolute Gasteiger partial charge is 0.480 e. The van der Waals surface area contributed by atoms with Crippen LogP contribution in [0.15, 0.2) is 12.1 Å². The lowest BCUT2D eigenvalue weighted by Crippen LogP contribution is -2.31. The monoisotopic (exact) mass is 391 g/mol. The van der Waals surface area contributed by atoms with Crippen molar-refractivity contribution < 1.29 is 37.3 Å². The van der Waals surface area contributed by atoms with Crippen molar-refractivity contribution in [2.45, 2.75) is 38.7 Å². The van der Waals surface area contributed by atoms with E-state index < -0.39 is 41.0 Å². The van der Waals surface area contributed by atoms with Gasteiger partial charge < -0.3 is 14.9 Å². The standard InChI is InChI=1S/C16H17F4N3O4/c1-7(16(18,19)20)27-11-6-8(10(17)5-9(11)13(24)25)12-21-14(15(2,3)26)23(4)22-12/h5-7,26H,1-4H3,(H,24,25)/t7-/m0/s1. The van der Waals surface area contributed by atoms with Gasteiger partial charge in [0.2, 0.25) is 0 Å². The van der Waals surface area contributed by atoms with E-state index in [0.717, 1.165) is 6.07 Å². The number of halogens is 4. The number of carbonyl (C=O) groups is 1. The number of hydrogen-bond acceptors (Lipinski definition) is 5. The first kappa shape index (κ1) is 20.6. The Morgan fingerprint density at radius 1 is 1.30 bits per heavy atom. The third-order valence-corrected chi connectivity index (χ3v) is 3.62. The Morgan fingerprint density at radius 2 is 1.89 bits per heavy atom. The van der Waals surface area contributed by atoms with E-state index in [1.807, 2.05) is 0 Å². The zero-order chi connectivity index (χ0) is 20.7. The molecule has 1 atom stereocenters. The molecule has 1 heterocycles. The van der Waals surface area contributed by atoms with Crippen molar-refractivity contribution in [1.82, 2.24) is 14.8 Å². The molecule has 11 heteroatoms. The Balaban J connectivity index is 2.59. The van der Waals surface area contributed by atoms with Crippen molar-refractivity contribution in [2.24, 2.45) is 7.05 Å². The molecule has 0 saturated heterocycles. The summed E-state index contributed by atoms with van der Waals surface area (Å²) in [5.41, 5.74) is -2.55. The highest BCUT2D eigenvalue weighted by Gasteiger charge is 2.39. The summed E-state index contributed by atoms with van der Waals surface area (Å²) in [7, 11) is 1.44. The summed E-state index contributed by atoms with van der Waals surface area (Å²) >= 11 is 0. The Morgan fingerprint density at radius 3 is 2.33 bits per heavy atom. The van der Waals surface area contributed by atoms with E-state index in [0.29, 0.717) is 13.0 Å². The number of ether oxygens (including phenoxy) is 1. The molecule has 7 nitrogen and oxygen atoms in total. The molecule has 1 aromatic carbocycles. The molecule has 0 unspecified atom stereocenters. The van der Waals surface area contributed by atoms with Crippen LogP contribution in [0.2, 0.25) is 0 Å². The molecular formula is C16H17F4N3O4. The molecule has 0 aliphatic carbocycles. The second kappa shape index (κ2) is 6.80. The molecule has 0 saturated carbocycles. The van der Waals surface area contributed by atoms with Crippen LogP contribution in [0.25, 0.3) is 11.4 Å². The van der Waals surface area contributed by atoms with Crippen molar-refractivity contribution in [2.75, 3.05) is 0 Å². The maximum atomic E-state index is 14.4. The maximum absolute atomic E-state index is 14.4. The lowest BCUT2D eigenvalue weighted by Gasteiger charge is -2.19. The number of aromatic nitrogens is 3. The van der Waals surface area contributed by atoms with Gasteiger partial charge in [-0.05, 0) is 32.9 Å². The number of hydrogen-bond donors (Lipinski definition) is 2. The van der Waals surface area contributed by atoms with E-state index in [9.17, 15) is 27.5 Å². The van der Waals surface area contributed by atoms with Crippen molar-refractivity contribution in [3.63, 3.8) is 0 Å². The number of carboxylic acid groups (broad SMARTS) is 1. The fourth-order valence-corrected chi connectivity index (χ4v) is 2.28. The molecule has 0 radical (unpaired) electrons. The molecule has 0 fully saturated rings. The summed E-state index contributed by atoms with van der Waals surface area (Å²) in [6, 6.07) is 1.33. The fourth-order valence-electron chi connectivity index (χ4n) is 2.28. The Bertz CT molecular complexity index is 872. The summed E-state index contributed by atoms with van der Waals surface area (Å²) in [5, 5.41) is 23.1. The average molecular weight is 391 g/mol. The van der Waals surface area contributed by atoms with Gasteiger partial charge >= 0.3 is 12.1 Å². The summed E-state index contributed by atoms with van der Waals surface area (Å²) in [4.78, 5) is 15.2. The number of aryl methyl sites for hydroxylation is 1. The van der Waals surface area contributed by atoms with E-state index in [1.54, 1.807) is 0 Å². The lowest BCUT2D eigenvalue weighted by atomic mass is 10.1. The van der Waals surface area contributed by atoms with Gasteiger partial charge in [-0.25, -0.2) is 18.9 Å². The first-order valence-corrected chi connectivity index (χ1v) is 7.66. The molecular weight excluding hydrogens is 374 g/mol. The van der Waals surface area contributed by atoms with Crippen LogP contribution in [-0.2, 0) is 12.6 Å². The minimum atomic E-state index is -4.75. The molecule has 27 heavy (non-hydrogen) atoms. The number of nitrogens with zero attached hydrogens (tertiary/aromatic N) is 3. The van der Waals surface area contributed by atoms with Gasteiger partial charge in [-0.3, -0.25) is 0 Å². The fraction of sp³-hybridized carbons (Fsp3) is 0.438. The SMILES string of the molecule is C[C@H](Oc1cc(-c2nc(C(C)(C)O)n(C)n2)c(F)cc1C(=O)O)C(F)(F)F. The third kappa shape index (κ3) is 4.35. The number of benzene rings is 1. The molecule has 2 aromatic rings. The molecule has 2 N–H and O–H groups in total. The van der Waals surface area contributed by atoms with Crippen LogP contribution in [0.5, 0.6) is 5.75 Å². The highest BCUT2D eigenvalue weighted by atomic mass is 19.4. The zero-order valence-electron chi connectivity index (χ0n) is 14.8. The summed E-state index contributed by atoms with van der Waals surface area (Å²) in [5.74, 6) is -3.57. The van der Waals surface area contributed by atoms with E-state index in [1.165, 1.54) is 25.6 Å². The molecule has 0 aliphatic heterocycles. The molecule has 1 aromatic heterocycles. The minimum Gasteiger partial charge on any atom is -0.480 e. The quantitative estimate of drug-likeness (QED) is 0.761. The zero-order valence-corrected chi connectivity index (χ0v) is 14.8. The highest BCUT2D eigenvalue weighted by molar-refractivity contribution is 5.91. The molecule has 2 rings (SSSR count). The summed E-state index contributed by atoms with van der Waals surface area (Å²) in [6.45, 7) is 3.54. The molecule has 0 spiro atoms. The topological polar surface area (TPSA) is 97.5 Å². The minimum absolute atomic E-state index is 0.0744. The number of rotatable bonds is 5. The predicted molar refractivity (Wildman–Crippen MR) is 84.7 cm³/mol. The van der Waals surface area contributed by atoms with Crippen LogP contribution in [0.1, 0.15) is 37.0 Å². The number of aliphatic hydroxyl groups is 1. The van der Waals surface area contributed by atoms with Crippen LogP contribution < -0.4 is 4.74 Å². The summed E-state index contributed by atoms with van der Waals surface area (Å²) < 4.78 is 58.5. The van der Waals surface area contributed by atoms with Crippen LogP contribution in [0.4, 0.5) is 17.6 Å². The maximum Gasteiger partial charge on any atom is 0.425 e. The summed E-state index contributed by atoms with van der Waals surface area (Å²) in [6.07, 6.45) is -7.07. The van der Waals surface area contributed by atoms with Gasteiger partial charge in [0.25, 0.3) is 0 Å². The van der Waals surface area contributed by atoms with Gasteiger partial charge in [0, 0.05) is 7.05 Å². The van der Waals surface area contributed by atoms with Crippen LogP contribution in [0.3, 0.4) is 0 Å². The van der Waals surface area contributed by atoms with E-state index in [-0.39, 0.29) is 17.2 Å². The Kier molecular flexibility index (Phi) is 5.19.